The molecule has 6 heteroatoms. The Balaban J connectivity index is 0.00000177. The van der Waals surface area contributed by atoms with Crippen LogP contribution in [0.1, 0.15) is 90.8 Å². The third-order valence-corrected chi connectivity index (χ3v) is 8.18. The second-order valence-corrected chi connectivity index (χ2v) is 11.6. The van der Waals surface area contributed by atoms with Gasteiger partial charge in [-0.1, -0.05) is 56.0 Å². The Morgan fingerprint density at radius 1 is 1.04 bits per heavy atom. The monoisotopic (exact) mass is 609 g/mol. The van der Waals surface area contributed by atoms with Crippen molar-refractivity contribution in [2.24, 2.45) is 10.9 Å². The average molecular weight is 610 g/mol. The number of terminal acetylenes is 1. The molecule has 4 rings (SSSR count). The minimum Gasteiger partial charge on any atom is -0.339 e. The zero-order chi connectivity index (χ0) is 33.1. The van der Waals surface area contributed by atoms with E-state index in [-0.39, 0.29) is 18.2 Å². The minimum atomic E-state index is -1.11. The van der Waals surface area contributed by atoms with E-state index in [1.807, 2.05) is 56.0 Å². The Bertz CT molecular complexity index is 1580. The molecule has 3 aromatic carbocycles. The van der Waals surface area contributed by atoms with E-state index < -0.39 is 12.3 Å². The quantitative estimate of drug-likeness (QED) is 0.181. The van der Waals surface area contributed by atoms with Gasteiger partial charge in [-0.25, -0.2) is 8.78 Å². The van der Waals surface area contributed by atoms with Crippen LogP contribution in [0.25, 0.3) is 0 Å². The maximum atomic E-state index is 14.3. The van der Waals surface area contributed by atoms with Crippen LogP contribution in [0.2, 0.25) is 0 Å². The predicted molar refractivity (Wildman–Crippen MR) is 183 cm³/mol. The lowest BCUT2D eigenvalue weighted by Crippen LogP contribution is -2.40. The number of nitrogens with zero attached hydrogens (tertiary/aromatic N) is 2. The van der Waals surface area contributed by atoms with Gasteiger partial charge in [0.15, 0.2) is 0 Å². The molecule has 1 fully saturated rings. The van der Waals surface area contributed by atoms with Crippen LogP contribution in [0.3, 0.4) is 0 Å². The zero-order valence-electron chi connectivity index (χ0n) is 27.2. The highest BCUT2D eigenvalue weighted by Crippen LogP contribution is 2.30. The van der Waals surface area contributed by atoms with Crippen LogP contribution >= 0.6 is 0 Å². The molecule has 1 amide bonds. The number of carbonyl (C=O) groups excluding carboxylic acids is 1. The lowest BCUT2D eigenvalue weighted by Gasteiger charge is -2.33. The molecule has 0 aromatic heterocycles. The molecule has 236 valence electrons. The summed E-state index contributed by atoms with van der Waals surface area (Å²) in [5, 5.41) is 8.71. The summed E-state index contributed by atoms with van der Waals surface area (Å²) in [5.41, 5.74) is 7.09. The molecule has 0 spiro atoms. The summed E-state index contributed by atoms with van der Waals surface area (Å²) in [6, 6.07) is 20.3. The van der Waals surface area contributed by atoms with Gasteiger partial charge in [-0.05, 0) is 93.5 Å². The van der Waals surface area contributed by atoms with Crippen LogP contribution in [0.5, 0.6) is 0 Å². The van der Waals surface area contributed by atoms with E-state index in [1.54, 1.807) is 43.3 Å². The normalized spacial score (nSPS) is 14.9. The first kappa shape index (κ1) is 35.1. The number of nitrogens with one attached hydrogen (secondary N) is 1. The highest BCUT2D eigenvalue weighted by molar-refractivity contribution is 6.12. The van der Waals surface area contributed by atoms with E-state index >= 15 is 0 Å². The number of amides is 1. The van der Waals surface area contributed by atoms with E-state index in [0.29, 0.717) is 47.5 Å². The van der Waals surface area contributed by atoms with E-state index in [0.717, 1.165) is 40.9 Å². The summed E-state index contributed by atoms with van der Waals surface area (Å²) in [7, 11) is 0. The fourth-order valence-electron chi connectivity index (χ4n) is 5.51. The first-order chi connectivity index (χ1) is 21.5. The Morgan fingerprint density at radius 2 is 1.71 bits per heavy atom. The zero-order valence-corrected chi connectivity index (χ0v) is 27.2. The number of halogens is 2. The number of aryl methyl sites for hydroxylation is 2. The maximum absolute atomic E-state index is 14.3. The number of alkyl halides is 2. The van der Waals surface area contributed by atoms with Gasteiger partial charge in [0, 0.05) is 47.8 Å². The number of piperidine rings is 1. The van der Waals surface area contributed by atoms with E-state index in [1.165, 1.54) is 6.92 Å². The fourth-order valence-corrected chi connectivity index (χ4v) is 5.51. The van der Waals surface area contributed by atoms with Crippen molar-refractivity contribution in [3.8, 4) is 12.3 Å². The van der Waals surface area contributed by atoms with E-state index in [9.17, 15) is 13.6 Å². The summed E-state index contributed by atoms with van der Waals surface area (Å²) < 4.78 is 28.2. The lowest BCUT2D eigenvalue weighted by molar-refractivity contribution is 0.0710. The van der Waals surface area contributed by atoms with Crippen LogP contribution in [-0.4, -0.2) is 41.5 Å². The Kier molecular flexibility index (Phi) is 13.0. The number of hydrogen-bond donors (Lipinski definition) is 1. The summed E-state index contributed by atoms with van der Waals surface area (Å²) in [4.78, 5) is 20.3. The molecule has 0 radical (unpaired) electrons. The van der Waals surface area contributed by atoms with Gasteiger partial charge in [-0.3, -0.25) is 15.2 Å². The van der Waals surface area contributed by atoms with Crippen molar-refractivity contribution in [1.29, 1.82) is 5.41 Å². The number of likely N-dealkylation sites (tertiary alicyclic amines) is 1. The highest BCUT2D eigenvalue weighted by Gasteiger charge is 2.29. The Morgan fingerprint density at radius 3 is 2.31 bits per heavy atom. The molecule has 2 unspecified atom stereocenters. The van der Waals surface area contributed by atoms with Crippen molar-refractivity contribution in [2.75, 3.05) is 13.1 Å². The average Bonchev–Trinajstić information content (AvgIpc) is 3.04. The van der Waals surface area contributed by atoms with Crippen molar-refractivity contribution in [3.05, 3.63) is 112 Å². The van der Waals surface area contributed by atoms with Gasteiger partial charge in [-0.2, -0.15) is 0 Å². The van der Waals surface area contributed by atoms with Crippen molar-refractivity contribution in [3.63, 3.8) is 0 Å². The lowest BCUT2D eigenvalue weighted by atomic mass is 9.86. The molecule has 2 atom stereocenters. The molecule has 1 heterocycles. The Hall–Kier alpha value is -4.37. The topological polar surface area (TPSA) is 56.5 Å². The van der Waals surface area contributed by atoms with Gasteiger partial charge in [0.25, 0.3) is 5.91 Å². The van der Waals surface area contributed by atoms with Crippen molar-refractivity contribution >= 4 is 23.0 Å². The molecular weight excluding hydrogens is 564 g/mol. The molecule has 0 saturated carbocycles. The molecule has 45 heavy (non-hydrogen) atoms. The smallest absolute Gasteiger partial charge is 0.253 e. The summed E-state index contributed by atoms with van der Waals surface area (Å²) in [6.45, 7) is 14.2. The van der Waals surface area contributed by atoms with Crippen LogP contribution in [0.15, 0.2) is 83.9 Å². The number of aliphatic imine (C=N–C) groups is 1. The molecule has 1 aliphatic heterocycles. The van der Waals surface area contributed by atoms with Crippen LogP contribution in [0, 0.1) is 37.5 Å². The van der Waals surface area contributed by atoms with E-state index in [2.05, 4.69) is 18.9 Å². The summed E-state index contributed by atoms with van der Waals surface area (Å²) in [5.74, 6) is 2.30. The molecule has 1 aliphatic rings. The van der Waals surface area contributed by atoms with Gasteiger partial charge in [-0.15, -0.1) is 12.3 Å². The molecular formula is C39H45F2N3O. The summed E-state index contributed by atoms with van der Waals surface area (Å²) >= 11 is 0. The summed E-state index contributed by atoms with van der Waals surface area (Å²) in [6.07, 6.45) is 4.68. The highest BCUT2D eigenvalue weighted by atomic mass is 19.1. The van der Waals surface area contributed by atoms with Crippen LogP contribution in [0.4, 0.5) is 14.5 Å². The number of allylic oxidation sites excluding steroid dienone is 1. The van der Waals surface area contributed by atoms with Gasteiger partial charge in [0.1, 0.15) is 12.3 Å². The number of benzene rings is 3. The molecule has 0 bridgehead atoms. The van der Waals surface area contributed by atoms with Crippen molar-refractivity contribution in [2.45, 2.75) is 72.6 Å². The minimum absolute atomic E-state index is 0.0473. The van der Waals surface area contributed by atoms with Gasteiger partial charge < -0.3 is 4.90 Å². The van der Waals surface area contributed by atoms with Crippen LogP contribution in [-0.2, 0) is 0 Å². The van der Waals surface area contributed by atoms with E-state index in [4.69, 9.17) is 10.4 Å². The number of carbonyl (C=O) groups is 1. The number of para-hydroxylation sites is 1. The fraction of sp³-hybridized carbons (Fsp3) is 0.359. The first-order valence-corrected chi connectivity index (χ1v) is 15.6. The Labute approximate surface area is 267 Å². The van der Waals surface area contributed by atoms with Gasteiger partial charge >= 0.3 is 0 Å². The van der Waals surface area contributed by atoms with Gasteiger partial charge in [0.2, 0.25) is 0 Å². The first-order valence-electron chi connectivity index (χ1n) is 15.6. The molecule has 0 aliphatic carbocycles. The van der Waals surface area contributed by atoms with Crippen LogP contribution < -0.4 is 0 Å². The molecule has 1 N–H and O–H groups in total. The third kappa shape index (κ3) is 9.31. The SMILES string of the molecule is C#CC.C=C(CC(F)CC)C(=Nc1ccccc1C)C1CCN(C(=O)c2ccc(C(=N)c3cccc(C(C)F)c3)c(C)c2)CC1. The maximum Gasteiger partial charge on any atom is 0.253 e. The van der Waals surface area contributed by atoms with Crippen molar-refractivity contribution in [1.82, 2.24) is 4.90 Å². The van der Waals surface area contributed by atoms with Gasteiger partial charge in [0.05, 0.1) is 11.4 Å². The number of hydrogen-bond acceptors (Lipinski definition) is 3. The third-order valence-electron chi connectivity index (χ3n) is 8.18. The standard InChI is InChI=1S/C36H41F2N3O.C3H4/c1-6-31(38)21-25(4)35(40-33-13-8-7-10-23(33)2)27-16-18-41(19-17-27)36(42)30-14-15-32(24(3)20-30)34(39)29-12-9-11-28(22-29)26(5)37;1-3-2/h7-15,20,22,26-27,31,39H,4,6,16-19,21H2,1-3,5H3;1H,2H3. The molecule has 4 nitrogen and oxygen atoms in total. The second-order valence-electron chi connectivity index (χ2n) is 11.6. The molecule has 1 saturated heterocycles. The largest absolute Gasteiger partial charge is 0.339 e. The molecule has 3 aromatic rings. The predicted octanol–water partition coefficient (Wildman–Crippen LogP) is 9.71. The second kappa shape index (κ2) is 16.6. The van der Waals surface area contributed by atoms with Crippen molar-refractivity contribution < 1.29 is 13.6 Å². The number of rotatable bonds is 10.